The Bertz CT molecular complexity index is 63.1. The highest BCUT2D eigenvalue weighted by molar-refractivity contribution is 4.70. The zero-order chi connectivity index (χ0) is 7.98. The van der Waals surface area contributed by atoms with Crippen molar-refractivity contribution >= 4 is 0 Å². The third-order valence-electron chi connectivity index (χ3n) is 1.67. The van der Waals surface area contributed by atoms with E-state index in [0.717, 1.165) is 18.8 Å². The van der Waals surface area contributed by atoms with Gasteiger partial charge in [-0.15, -0.1) is 0 Å². The minimum atomic E-state index is 0.0231. The monoisotopic (exact) mass is 144 g/mol. The molecule has 1 N–H and O–H groups in total. The van der Waals surface area contributed by atoms with E-state index >= 15 is 0 Å². The van der Waals surface area contributed by atoms with Gasteiger partial charge < -0.3 is 5.11 Å². The zero-order valence-corrected chi connectivity index (χ0v) is 7.43. The Kier molecular flexibility index (Phi) is 5.70. The molecular formula is C9H20O. The van der Waals surface area contributed by atoms with Crippen molar-refractivity contribution in [1.82, 2.24) is 0 Å². The lowest BCUT2D eigenvalue weighted by molar-refractivity contribution is 0.179. The molecule has 10 heavy (non-hydrogen) atoms. The Labute approximate surface area is 64.5 Å². The molecule has 2 atom stereocenters. The van der Waals surface area contributed by atoms with Crippen LogP contribution in [0.4, 0.5) is 0 Å². The molecule has 1 aliphatic carbocycles. The summed E-state index contributed by atoms with van der Waals surface area (Å²) < 4.78 is 0. The van der Waals surface area contributed by atoms with Crippen LogP contribution < -0.4 is 0 Å². The number of aliphatic hydroxyl groups is 1. The van der Waals surface area contributed by atoms with E-state index in [4.69, 9.17) is 5.11 Å². The van der Waals surface area contributed by atoms with Crippen molar-refractivity contribution in [3.05, 3.63) is 0 Å². The van der Waals surface area contributed by atoms with E-state index in [2.05, 4.69) is 20.8 Å². The summed E-state index contributed by atoms with van der Waals surface area (Å²) in [5.41, 5.74) is 0. The van der Waals surface area contributed by atoms with Crippen LogP contribution in [0.25, 0.3) is 0 Å². The molecule has 1 aliphatic rings. The molecule has 0 saturated heterocycles. The molecule has 1 nitrogen and oxygen atoms in total. The normalized spacial score (nSPS) is 31.2. The fourth-order valence-corrected chi connectivity index (χ4v) is 1.18. The van der Waals surface area contributed by atoms with E-state index in [0.29, 0.717) is 0 Å². The van der Waals surface area contributed by atoms with Gasteiger partial charge in [0, 0.05) is 0 Å². The molecule has 0 aromatic carbocycles. The van der Waals surface area contributed by atoms with Crippen LogP contribution in [0.5, 0.6) is 0 Å². The maximum atomic E-state index is 8.90. The zero-order valence-electron chi connectivity index (χ0n) is 7.43. The molecule has 1 heteroatoms. The fraction of sp³-hybridized carbons (Fsp3) is 1.00. The summed E-state index contributed by atoms with van der Waals surface area (Å²) in [6.07, 6.45) is 4.55. The predicted octanol–water partition coefficient (Wildman–Crippen LogP) is 2.58. The molecule has 1 saturated carbocycles. The van der Waals surface area contributed by atoms with Crippen molar-refractivity contribution in [2.24, 2.45) is 5.92 Å². The smallest absolute Gasteiger partial charge is 0.0542 e. The van der Waals surface area contributed by atoms with Gasteiger partial charge in [-0.25, -0.2) is 0 Å². The van der Waals surface area contributed by atoms with E-state index in [1.165, 1.54) is 12.8 Å². The molecule has 0 bridgehead atoms. The number of hydrogen-bond donors (Lipinski definition) is 1. The van der Waals surface area contributed by atoms with Gasteiger partial charge in [-0.05, 0) is 25.2 Å². The highest BCUT2D eigenvalue weighted by atomic mass is 16.3. The second-order valence-corrected chi connectivity index (χ2v) is 3.28. The molecule has 0 aliphatic heterocycles. The van der Waals surface area contributed by atoms with Gasteiger partial charge in [-0.2, -0.15) is 0 Å². The molecule has 0 aromatic heterocycles. The molecule has 0 amide bonds. The summed E-state index contributed by atoms with van der Waals surface area (Å²) in [6.45, 7) is 6.44. The minimum absolute atomic E-state index is 0.0231. The number of hydrogen-bond acceptors (Lipinski definition) is 1. The first-order valence-corrected chi connectivity index (χ1v) is 4.38. The molecule has 0 spiro atoms. The molecule has 1 fully saturated rings. The lowest BCUT2D eigenvalue weighted by Gasteiger charge is -1.95. The van der Waals surface area contributed by atoms with Gasteiger partial charge in [0.1, 0.15) is 0 Å². The van der Waals surface area contributed by atoms with Crippen LogP contribution in [0.3, 0.4) is 0 Å². The van der Waals surface area contributed by atoms with E-state index < -0.39 is 0 Å². The Balaban J connectivity index is 0.000000236. The summed E-state index contributed by atoms with van der Waals surface area (Å²) in [6, 6.07) is 0. The van der Waals surface area contributed by atoms with Gasteiger partial charge in [0.05, 0.1) is 6.10 Å². The average molecular weight is 144 g/mol. The Morgan fingerprint density at radius 2 is 1.80 bits per heavy atom. The molecule has 0 unspecified atom stereocenters. The minimum Gasteiger partial charge on any atom is -0.393 e. The van der Waals surface area contributed by atoms with Crippen LogP contribution in [-0.2, 0) is 0 Å². The first kappa shape index (κ1) is 9.96. The maximum absolute atomic E-state index is 8.90. The molecule has 62 valence electrons. The van der Waals surface area contributed by atoms with E-state index in [-0.39, 0.29) is 6.10 Å². The standard InChI is InChI=1S/C6H12O.C3H8/c1-5-2-3-6(7)4-5;1-3-2/h5-7H,2-4H2,1H3;3H2,1-2H3/t5-,6+;/m0./s1. The van der Waals surface area contributed by atoms with Gasteiger partial charge >= 0.3 is 0 Å². The molecule has 1 rings (SSSR count). The largest absolute Gasteiger partial charge is 0.393 e. The second-order valence-electron chi connectivity index (χ2n) is 3.28. The van der Waals surface area contributed by atoms with Crippen LogP contribution in [-0.4, -0.2) is 11.2 Å². The summed E-state index contributed by atoms with van der Waals surface area (Å²) in [5, 5.41) is 8.90. The average Bonchev–Trinajstić information content (AvgIpc) is 2.17. The summed E-state index contributed by atoms with van der Waals surface area (Å²) in [7, 11) is 0. The maximum Gasteiger partial charge on any atom is 0.0542 e. The van der Waals surface area contributed by atoms with Crippen molar-refractivity contribution < 1.29 is 5.11 Å². The van der Waals surface area contributed by atoms with E-state index in [1.54, 1.807) is 0 Å². The van der Waals surface area contributed by atoms with Crippen molar-refractivity contribution in [3.63, 3.8) is 0 Å². The molecule has 0 heterocycles. The third kappa shape index (κ3) is 4.80. The Morgan fingerprint density at radius 3 is 1.90 bits per heavy atom. The van der Waals surface area contributed by atoms with Gasteiger partial charge in [0.15, 0.2) is 0 Å². The SMILES string of the molecule is CCC.C[C@H]1CC[C@@H](O)C1. The van der Waals surface area contributed by atoms with Gasteiger partial charge in [-0.1, -0.05) is 27.2 Å². The highest BCUT2D eigenvalue weighted by Crippen LogP contribution is 2.23. The van der Waals surface area contributed by atoms with Crippen LogP contribution in [0, 0.1) is 5.92 Å². The van der Waals surface area contributed by atoms with E-state index in [1.807, 2.05) is 0 Å². The van der Waals surface area contributed by atoms with Crippen LogP contribution >= 0.6 is 0 Å². The van der Waals surface area contributed by atoms with Crippen molar-refractivity contribution in [3.8, 4) is 0 Å². The molecular weight excluding hydrogens is 124 g/mol. The van der Waals surface area contributed by atoms with Crippen LogP contribution in [0.1, 0.15) is 46.5 Å². The van der Waals surface area contributed by atoms with Gasteiger partial charge in [-0.3, -0.25) is 0 Å². The third-order valence-corrected chi connectivity index (χ3v) is 1.67. The van der Waals surface area contributed by atoms with Crippen LogP contribution in [0.15, 0.2) is 0 Å². The fourth-order valence-electron chi connectivity index (χ4n) is 1.18. The summed E-state index contributed by atoms with van der Waals surface area (Å²) in [5.74, 6) is 0.773. The Hall–Kier alpha value is -0.0400. The van der Waals surface area contributed by atoms with E-state index in [9.17, 15) is 0 Å². The summed E-state index contributed by atoms with van der Waals surface area (Å²) >= 11 is 0. The van der Waals surface area contributed by atoms with Gasteiger partial charge in [0.2, 0.25) is 0 Å². The van der Waals surface area contributed by atoms with Crippen LogP contribution in [0.2, 0.25) is 0 Å². The first-order chi connectivity index (χ1) is 4.70. The second kappa shape index (κ2) is 5.72. The number of rotatable bonds is 0. The van der Waals surface area contributed by atoms with Crippen molar-refractivity contribution in [2.75, 3.05) is 0 Å². The number of aliphatic hydroxyl groups excluding tert-OH is 1. The predicted molar refractivity (Wildman–Crippen MR) is 45.0 cm³/mol. The van der Waals surface area contributed by atoms with Gasteiger partial charge in [0.25, 0.3) is 0 Å². The first-order valence-electron chi connectivity index (χ1n) is 4.38. The highest BCUT2D eigenvalue weighted by Gasteiger charge is 2.17. The quantitative estimate of drug-likeness (QED) is 0.554. The molecule has 0 aromatic rings. The summed E-state index contributed by atoms with van der Waals surface area (Å²) in [4.78, 5) is 0. The van der Waals surface area contributed by atoms with Crippen molar-refractivity contribution in [1.29, 1.82) is 0 Å². The van der Waals surface area contributed by atoms with Crippen molar-refractivity contribution in [2.45, 2.75) is 52.6 Å². The topological polar surface area (TPSA) is 20.2 Å². The lowest BCUT2D eigenvalue weighted by Crippen LogP contribution is -1.97. The molecule has 0 radical (unpaired) electrons. The lowest BCUT2D eigenvalue weighted by atomic mass is 10.1. The Morgan fingerprint density at radius 1 is 1.30 bits per heavy atom.